The lowest BCUT2D eigenvalue weighted by atomic mass is 9.80. The van der Waals surface area contributed by atoms with Crippen molar-refractivity contribution >= 4 is 59.3 Å². The normalized spacial score (nSPS) is 13.8. The third-order valence-electron chi connectivity index (χ3n) is 10.3. The zero-order valence-electron chi connectivity index (χ0n) is 27.0. The molecule has 7 aromatic carbocycles. The first kappa shape index (κ1) is 29.0. The van der Waals surface area contributed by atoms with Gasteiger partial charge in [-0.1, -0.05) is 147 Å². The number of thiophene rings is 1. The number of benzene rings is 7. The molecule has 48 heavy (non-hydrogen) atoms. The van der Waals surface area contributed by atoms with E-state index in [1.54, 1.807) is 0 Å². The predicted octanol–water partition coefficient (Wildman–Crippen LogP) is 14.1. The fraction of sp³-hybridized carbons (Fsp3) is 0.130. The van der Waals surface area contributed by atoms with E-state index in [1.165, 1.54) is 102 Å². The number of hydrogen-bond donors (Lipinski definition) is 0. The summed E-state index contributed by atoms with van der Waals surface area (Å²) in [7, 11) is 0. The fourth-order valence-electron chi connectivity index (χ4n) is 7.99. The summed E-state index contributed by atoms with van der Waals surface area (Å²) in [6.07, 6.45) is 6.57. The molecule has 1 aliphatic rings. The van der Waals surface area contributed by atoms with Crippen molar-refractivity contribution in [2.45, 2.75) is 38.0 Å². The third kappa shape index (κ3) is 5.09. The largest absolute Gasteiger partial charge is 0.308 e. The zero-order valence-corrected chi connectivity index (χ0v) is 27.8. The highest BCUT2D eigenvalue weighted by atomic mass is 32.1. The van der Waals surface area contributed by atoms with Crippen molar-refractivity contribution in [3.63, 3.8) is 0 Å². The van der Waals surface area contributed by atoms with Crippen molar-refractivity contribution in [3.05, 3.63) is 163 Å². The average molecular weight is 636 g/mol. The van der Waals surface area contributed by atoms with Gasteiger partial charge in [0.05, 0.1) is 16.1 Å². The van der Waals surface area contributed by atoms with Gasteiger partial charge in [-0.3, -0.25) is 0 Å². The lowest BCUT2D eigenvalue weighted by Crippen LogP contribution is -2.11. The molecular weight excluding hydrogens is 599 g/mol. The highest BCUT2D eigenvalue weighted by Gasteiger charge is 2.24. The Bertz CT molecular complexity index is 2370. The van der Waals surface area contributed by atoms with Gasteiger partial charge in [-0.05, 0) is 82.1 Å². The maximum Gasteiger partial charge on any atom is 0.0640 e. The Morgan fingerprint density at radius 1 is 0.479 bits per heavy atom. The summed E-state index contributed by atoms with van der Waals surface area (Å²) in [5.41, 5.74) is 10.1. The van der Waals surface area contributed by atoms with Crippen LogP contribution in [0.4, 0.5) is 17.1 Å². The second-order valence-corrected chi connectivity index (χ2v) is 14.2. The SMILES string of the molecule is c1ccc(-c2ccc(N(c3ccccc3-c3cccc4cccc(C5CCCCC5)c34)c3cccc4c3sc3ccccc34)cc2)cc1. The standard InChI is InChI=1S/C46H37NS/c1-3-14-32(15-4-1)33-28-30-36(31-29-33)47(43-26-13-24-41-39-21-8-10-27-44(39)48-46(41)43)42-25-9-7-20-38(42)40-23-12-19-35-18-11-22-37(45(35)40)34-16-5-2-6-17-34/h1,3-4,7-15,18-31,34H,2,5-6,16-17H2. The third-order valence-corrected chi connectivity index (χ3v) is 11.5. The lowest BCUT2D eigenvalue weighted by Gasteiger charge is -2.29. The minimum absolute atomic E-state index is 0.615. The van der Waals surface area contributed by atoms with Gasteiger partial charge >= 0.3 is 0 Å². The summed E-state index contributed by atoms with van der Waals surface area (Å²) in [4.78, 5) is 2.50. The molecule has 1 fully saturated rings. The molecule has 0 N–H and O–H groups in total. The van der Waals surface area contributed by atoms with Crippen molar-refractivity contribution in [3.8, 4) is 22.3 Å². The molecule has 9 rings (SSSR count). The number of rotatable bonds is 6. The van der Waals surface area contributed by atoms with Gasteiger partial charge in [0.15, 0.2) is 0 Å². The molecule has 0 radical (unpaired) electrons. The Kier molecular flexibility index (Phi) is 7.52. The first-order valence-electron chi connectivity index (χ1n) is 17.3. The van der Waals surface area contributed by atoms with Gasteiger partial charge in [-0.25, -0.2) is 0 Å². The second kappa shape index (κ2) is 12.4. The molecule has 1 heterocycles. The first-order valence-corrected chi connectivity index (χ1v) is 18.1. The minimum Gasteiger partial charge on any atom is -0.308 e. The molecule has 232 valence electrons. The maximum atomic E-state index is 2.50. The van der Waals surface area contributed by atoms with E-state index in [0.29, 0.717) is 5.92 Å². The van der Waals surface area contributed by atoms with E-state index >= 15 is 0 Å². The van der Waals surface area contributed by atoms with E-state index < -0.39 is 0 Å². The first-order chi connectivity index (χ1) is 23.8. The predicted molar refractivity (Wildman–Crippen MR) is 208 cm³/mol. The molecular formula is C46H37NS. The molecule has 1 saturated carbocycles. The van der Waals surface area contributed by atoms with Crippen LogP contribution in [0, 0.1) is 0 Å². The van der Waals surface area contributed by atoms with Crippen molar-refractivity contribution in [1.82, 2.24) is 0 Å². The van der Waals surface area contributed by atoms with Crippen LogP contribution in [-0.4, -0.2) is 0 Å². The van der Waals surface area contributed by atoms with Crippen LogP contribution in [0.25, 0.3) is 53.2 Å². The molecule has 0 amide bonds. The number of anilines is 3. The van der Waals surface area contributed by atoms with E-state index in [0.717, 1.165) is 5.69 Å². The van der Waals surface area contributed by atoms with E-state index in [9.17, 15) is 0 Å². The molecule has 0 spiro atoms. The molecule has 0 unspecified atom stereocenters. The topological polar surface area (TPSA) is 3.24 Å². The Hall–Kier alpha value is -5.18. The molecule has 1 aromatic heterocycles. The molecule has 1 aliphatic carbocycles. The van der Waals surface area contributed by atoms with Crippen LogP contribution in [0.15, 0.2) is 158 Å². The molecule has 8 aromatic rings. The lowest BCUT2D eigenvalue weighted by molar-refractivity contribution is 0.445. The Balaban J connectivity index is 1.29. The van der Waals surface area contributed by atoms with Crippen LogP contribution in [-0.2, 0) is 0 Å². The van der Waals surface area contributed by atoms with Crippen molar-refractivity contribution < 1.29 is 0 Å². The van der Waals surface area contributed by atoms with Gasteiger partial charge in [0.2, 0.25) is 0 Å². The van der Waals surface area contributed by atoms with E-state index in [4.69, 9.17) is 0 Å². The molecule has 0 aliphatic heterocycles. The van der Waals surface area contributed by atoms with Gasteiger partial charge in [0, 0.05) is 26.7 Å². The van der Waals surface area contributed by atoms with Crippen LogP contribution in [0.5, 0.6) is 0 Å². The summed E-state index contributed by atoms with van der Waals surface area (Å²) < 4.78 is 2.63. The van der Waals surface area contributed by atoms with Crippen LogP contribution >= 0.6 is 11.3 Å². The highest BCUT2D eigenvalue weighted by Crippen LogP contribution is 2.49. The summed E-state index contributed by atoms with van der Waals surface area (Å²) in [5, 5.41) is 5.37. The smallest absolute Gasteiger partial charge is 0.0640 e. The Morgan fingerprint density at radius 3 is 1.98 bits per heavy atom. The Labute approximate surface area is 286 Å². The van der Waals surface area contributed by atoms with Gasteiger partial charge in [-0.2, -0.15) is 0 Å². The monoisotopic (exact) mass is 635 g/mol. The molecule has 0 atom stereocenters. The van der Waals surface area contributed by atoms with Gasteiger partial charge < -0.3 is 4.90 Å². The number of nitrogens with zero attached hydrogens (tertiary/aromatic N) is 1. The quantitative estimate of drug-likeness (QED) is 0.176. The Morgan fingerprint density at radius 2 is 1.12 bits per heavy atom. The summed E-state index contributed by atoms with van der Waals surface area (Å²) in [5.74, 6) is 0.615. The molecule has 1 nitrogen and oxygen atoms in total. The van der Waals surface area contributed by atoms with Gasteiger partial charge in [-0.15, -0.1) is 11.3 Å². The molecule has 2 heteroatoms. The van der Waals surface area contributed by atoms with Crippen molar-refractivity contribution in [2.75, 3.05) is 4.90 Å². The molecule has 0 saturated heterocycles. The van der Waals surface area contributed by atoms with E-state index in [2.05, 4.69) is 163 Å². The second-order valence-electron chi connectivity index (χ2n) is 13.1. The highest BCUT2D eigenvalue weighted by molar-refractivity contribution is 7.26. The van der Waals surface area contributed by atoms with Crippen LogP contribution in [0.1, 0.15) is 43.6 Å². The van der Waals surface area contributed by atoms with Crippen LogP contribution in [0.3, 0.4) is 0 Å². The van der Waals surface area contributed by atoms with E-state index in [-0.39, 0.29) is 0 Å². The zero-order chi connectivity index (χ0) is 31.9. The van der Waals surface area contributed by atoms with Gasteiger partial charge in [0.25, 0.3) is 0 Å². The number of hydrogen-bond acceptors (Lipinski definition) is 2. The average Bonchev–Trinajstić information content (AvgIpc) is 3.55. The minimum atomic E-state index is 0.615. The van der Waals surface area contributed by atoms with Crippen molar-refractivity contribution in [1.29, 1.82) is 0 Å². The molecule has 0 bridgehead atoms. The summed E-state index contributed by atoms with van der Waals surface area (Å²) in [6, 6.07) is 58.3. The fourth-order valence-corrected chi connectivity index (χ4v) is 9.20. The number of para-hydroxylation sites is 1. The van der Waals surface area contributed by atoms with Gasteiger partial charge in [0.1, 0.15) is 0 Å². The summed E-state index contributed by atoms with van der Waals surface area (Å²) in [6.45, 7) is 0. The maximum absolute atomic E-state index is 2.50. The number of fused-ring (bicyclic) bond motifs is 4. The summed E-state index contributed by atoms with van der Waals surface area (Å²) >= 11 is 1.89. The van der Waals surface area contributed by atoms with Crippen LogP contribution < -0.4 is 4.90 Å². The van der Waals surface area contributed by atoms with Crippen molar-refractivity contribution in [2.24, 2.45) is 0 Å². The van der Waals surface area contributed by atoms with Crippen LogP contribution in [0.2, 0.25) is 0 Å². The van der Waals surface area contributed by atoms with E-state index in [1.807, 2.05) is 11.3 Å².